The summed E-state index contributed by atoms with van der Waals surface area (Å²) in [4.78, 5) is 50.1. The van der Waals surface area contributed by atoms with Crippen LogP contribution >= 0.6 is 0 Å². The van der Waals surface area contributed by atoms with E-state index in [9.17, 15) is 19.2 Å². The SMILES string of the molecule is CCn1cc(-c2ccc(CC(NC(=O)C3(NC(=O)OC(C)(C)C)CCCCC3)C(N)=O)cc2)ccc1=O. The lowest BCUT2D eigenvalue weighted by molar-refractivity contribution is -0.133. The van der Waals surface area contributed by atoms with Gasteiger partial charge in [0.2, 0.25) is 11.8 Å². The number of amides is 3. The molecule has 1 saturated carbocycles. The molecule has 0 saturated heterocycles. The number of pyridine rings is 1. The van der Waals surface area contributed by atoms with Gasteiger partial charge in [-0.2, -0.15) is 0 Å². The summed E-state index contributed by atoms with van der Waals surface area (Å²) in [5.41, 5.74) is 6.39. The molecule has 0 radical (unpaired) electrons. The maximum atomic E-state index is 13.4. The molecule has 1 unspecified atom stereocenters. The first kappa shape index (κ1) is 28.0. The molecular formula is C28H38N4O5. The van der Waals surface area contributed by atoms with E-state index in [0.29, 0.717) is 19.4 Å². The molecule has 1 atom stereocenters. The summed E-state index contributed by atoms with van der Waals surface area (Å²) < 4.78 is 7.03. The summed E-state index contributed by atoms with van der Waals surface area (Å²) in [5.74, 6) is -1.09. The number of nitrogens with two attached hydrogens (primary N) is 1. The van der Waals surface area contributed by atoms with Gasteiger partial charge < -0.3 is 25.7 Å². The molecule has 1 aliphatic rings. The molecule has 1 fully saturated rings. The lowest BCUT2D eigenvalue weighted by atomic mass is 9.80. The molecule has 1 aliphatic carbocycles. The van der Waals surface area contributed by atoms with Crippen LogP contribution in [0.2, 0.25) is 0 Å². The van der Waals surface area contributed by atoms with E-state index in [4.69, 9.17) is 10.5 Å². The van der Waals surface area contributed by atoms with Gasteiger partial charge in [-0.1, -0.05) is 43.5 Å². The first-order valence-electron chi connectivity index (χ1n) is 12.8. The minimum Gasteiger partial charge on any atom is -0.444 e. The van der Waals surface area contributed by atoms with Gasteiger partial charge in [0.1, 0.15) is 17.2 Å². The largest absolute Gasteiger partial charge is 0.444 e. The van der Waals surface area contributed by atoms with Crippen molar-refractivity contribution in [1.29, 1.82) is 0 Å². The number of alkyl carbamates (subject to hydrolysis) is 1. The van der Waals surface area contributed by atoms with Gasteiger partial charge in [-0.25, -0.2) is 4.79 Å². The van der Waals surface area contributed by atoms with E-state index in [0.717, 1.165) is 36.0 Å². The Morgan fingerprint density at radius 1 is 1.03 bits per heavy atom. The molecule has 4 N–H and O–H groups in total. The molecule has 0 aliphatic heterocycles. The summed E-state index contributed by atoms with van der Waals surface area (Å²) in [6.45, 7) is 7.76. The van der Waals surface area contributed by atoms with Gasteiger partial charge in [-0.15, -0.1) is 0 Å². The third kappa shape index (κ3) is 7.44. The van der Waals surface area contributed by atoms with Gasteiger partial charge in [0.15, 0.2) is 0 Å². The topological polar surface area (TPSA) is 133 Å². The second kappa shape index (κ2) is 11.6. The lowest BCUT2D eigenvalue weighted by Crippen LogP contribution is -2.63. The molecule has 1 aromatic carbocycles. The maximum absolute atomic E-state index is 13.4. The molecule has 9 nitrogen and oxygen atoms in total. The van der Waals surface area contributed by atoms with E-state index in [1.807, 2.05) is 37.4 Å². The van der Waals surface area contributed by atoms with Gasteiger partial charge in [-0.3, -0.25) is 14.4 Å². The highest BCUT2D eigenvalue weighted by molar-refractivity contribution is 5.94. The van der Waals surface area contributed by atoms with Crippen molar-refractivity contribution in [1.82, 2.24) is 15.2 Å². The zero-order valence-corrected chi connectivity index (χ0v) is 22.1. The highest BCUT2D eigenvalue weighted by Gasteiger charge is 2.43. The van der Waals surface area contributed by atoms with Gasteiger partial charge >= 0.3 is 6.09 Å². The van der Waals surface area contributed by atoms with E-state index in [1.165, 1.54) is 6.07 Å². The fourth-order valence-electron chi connectivity index (χ4n) is 4.60. The average Bonchev–Trinajstić information content (AvgIpc) is 2.83. The lowest BCUT2D eigenvalue weighted by Gasteiger charge is -2.37. The molecule has 0 spiro atoms. The highest BCUT2D eigenvalue weighted by atomic mass is 16.6. The Bertz CT molecular complexity index is 1170. The predicted octanol–water partition coefficient (Wildman–Crippen LogP) is 3.28. The number of nitrogens with one attached hydrogen (secondary N) is 2. The minimum absolute atomic E-state index is 0.0557. The van der Waals surface area contributed by atoms with Crippen molar-refractivity contribution in [3.05, 3.63) is 58.5 Å². The summed E-state index contributed by atoms with van der Waals surface area (Å²) in [6, 6.07) is 9.92. The fourth-order valence-corrected chi connectivity index (χ4v) is 4.60. The number of benzene rings is 1. The molecule has 2 aromatic rings. The van der Waals surface area contributed by atoms with E-state index >= 15 is 0 Å². The number of hydrogen-bond acceptors (Lipinski definition) is 5. The summed E-state index contributed by atoms with van der Waals surface area (Å²) in [5, 5.41) is 5.58. The Hall–Kier alpha value is -3.62. The second-order valence-electron chi connectivity index (χ2n) is 10.6. The van der Waals surface area contributed by atoms with Gasteiger partial charge in [-0.05, 0) is 63.3 Å². The third-order valence-electron chi connectivity index (χ3n) is 6.58. The minimum atomic E-state index is -1.15. The van der Waals surface area contributed by atoms with E-state index < -0.39 is 35.1 Å². The molecule has 1 aromatic heterocycles. The summed E-state index contributed by atoms with van der Waals surface area (Å²) >= 11 is 0. The van der Waals surface area contributed by atoms with Crippen LogP contribution in [0, 0.1) is 0 Å². The van der Waals surface area contributed by atoms with Crippen molar-refractivity contribution >= 4 is 17.9 Å². The van der Waals surface area contributed by atoms with Crippen LogP contribution in [0.1, 0.15) is 65.4 Å². The first-order chi connectivity index (χ1) is 17.4. The van der Waals surface area contributed by atoms with Crippen molar-refractivity contribution in [2.45, 2.75) is 89.9 Å². The zero-order chi connectivity index (χ0) is 27.2. The normalized spacial score (nSPS) is 15.9. The van der Waals surface area contributed by atoms with Crippen LogP contribution in [0.4, 0.5) is 4.79 Å². The van der Waals surface area contributed by atoms with E-state index in [1.54, 1.807) is 31.4 Å². The maximum Gasteiger partial charge on any atom is 0.408 e. The van der Waals surface area contributed by atoms with Crippen molar-refractivity contribution in [3.63, 3.8) is 0 Å². The molecular weight excluding hydrogens is 472 g/mol. The first-order valence-corrected chi connectivity index (χ1v) is 12.8. The van der Waals surface area contributed by atoms with Crippen LogP contribution in [0.3, 0.4) is 0 Å². The second-order valence-corrected chi connectivity index (χ2v) is 10.6. The number of carbonyl (C=O) groups excluding carboxylic acids is 3. The highest BCUT2D eigenvalue weighted by Crippen LogP contribution is 2.29. The number of primary amides is 1. The molecule has 9 heteroatoms. The number of carbonyl (C=O) groups is 3. The van der Waals surface area contributed by atoms with Gasteiger partial charge in [0.05, 0.1) is 0 Å². The zero-order valence-electron chi connectivity index (χ0n) is 22.1. The Balaban J connectivity index is 1.74. The van der Waals surface area contributed by atoms with Gasteiger partial charge in [0, 0.05) is 25.2 Å². The number of ether oxygens (including phenoxy) is 1. The summed E-state index contributed by atoms with van der Waals surface area (Å²) in [7, 11) is 0. The Labute approximate surface area is 217 Å². The number of hydrogen-bond donors (Lipinski definition) is 3. The van der Waals surface area contributed by atoms with Crippen molar-refractivity contribution < 1.29 is 19.1 Å². The van der Waals surface area contributed by atoms with Crippen LogP contribution in [0.15, 0.2) is 47.4 Å². The Morgan fingerprint density at radius 3 is 2.22 bits per heavy atom. The van der Waals surface area contributed by atoms with E-state index in [-0.39, 0.29) is 12.0 Å². The monoisotopic (exact) mass is 510 g/mol. The number of rotatable bonds is 8. The van der Waals surface area contributed by atoms with Crippen molar-refractivity contribution in [2.75, 3.05) is 0 Å². The number of aryl methyl sites for hydroxylation is 1. The predicted molar refractivity (Wildman–Crippen MR) is 142 cm³/mol. The fraction of sp³-hybridized carbons (Fsp3) is 0.500. The van der Waals surface area contributed by atoms with Crippen LogP contribution < -0.4 is 21.9 Å². The quantitative estimate of drug-likeness (QED) is 0.501. The Morgan fingerprint density at radius 2 is 1.65 bits per heavy atom. The molecule has 200 valence electrons. The molecule has 37 heavy (non-hydrogen) atoms. The van der Waals surface area contributed by atoms with Crippen LogP contribution in [0.25, 0.3) is 11.1 Å². The molecule has 1 heterocycles. The van der Waals surface area contributed by atoms with Crippen LogP contribution in [0.5, 0.6) is 0 Å². The molecule has 3 rings (SSSR count). The molecule has 3 amide bonds. The van der Waals surface area contributed by atoms with Crippen molar-refractivity contribution in [2.24, 2.45) is 5.73 Å². The molecule has 0 bridgehead atoms. The number of nitrogens with zero attached hydrogens (tertiary/aromatic N) is 1. The third-order valence-corrected chi connectivity index (χ3v) is 6.58. The van der Waals surface area contributed by atoms with Crippen LogP contribution in [-0.4, -0.2) is 39.7 Å². The Kier molecular flexibility index (Phi) is 8.78. The smallest absolute Gasteiger partial charge is 0.408 e. The van der Waals surface area contributed by atoms with Crippen molar-refractivity contribution in [3.8, 4) is 11.1 Å². The standard InChI is InChI=1S/C28H38N4O5/c1-5-32-18-21(13-14-23(32)33)20-11-9-19(10-12-20)17-22(24(29)34)30-25(35)28(15-7-6-8-16-28)31-26(36)37-27(2,3)4/h9-14,18,22H,5-8,15-17H2,1-4H3,(H2,29,34)(H,30,35)(H,31,36). The van der Waals surface area contributed by atoms with E-state index in [2.05, 4.69) is 10.6 Å². The van der Waals surface area contributed by atoms with Gasteiger partial charge in [0.25, 0.3) is 5.56 Å². The number of aromatic nitrogens is 1. The summed E-state index contributed by atoms with van der Waals surface area (Å²) in [6.07, 6.45) is 4.78. The average molecular weight is 511 g/mol. The van der Waals surface area contributed by atoms with Crippen LogP contribution in [-0.2, 0) is 27.3 Å².